The van der Waals surface area contributed by atoms with Gasteiger partial charge in [-0.3, -0.25) is 14.5 Å². The summed E-state index contributed by atoms with van der Waals surface area (Å²) in [6, 6.07) is 12.0. The predicted octanol–water partition coefficient (Wildman–Crippen LogP) is 4.13. The van der Waals surface area contributed by atoms with Gasteiger partial charge in [0.2, 0.25) is 5.75 Å². The van der Waals surface area contributed by atoms with Crippen LogP contribution in [0.25, 0.3) is 11.3 Å². The number of benzene rings is 2. The predicted molar refractivity (Wildman–Crippen MR) is 110 cm³/mol. The molecule has 0 aliphatic heterocycles. The zero-order valence-corrected chi connectivity index (χ0v) is 17.4. The van der Waals surface area contributed by atoms with E-state index in [1.54, 1.807) is 36.6 Å². The van der Waals surface area contributed by atoms with Crippen molar-refractivity contribution in [3.8, 4) is 28.6 Å². The fourth-order valence-corrected chi connectivity index (χ4v) is 3.11. The third kappa shape index (κ3) is 3.96. The van der Waals surface area contributed by atoms with E-state index in [4.69, 9.17) is 28.3 Å². The van der Waals surface area contributed by atoms with Crippen LogP contribution in [-0.4, -0.2) is 41.3 Å². The second-order valence-electron chi connectivity index (χ2n) is 6.07. The molecule has 8 nitrogen and oxygen atoms in total. The fourth-order valence-electron chi connectivity index (χ4n) is 3.11. The van der Waals surface area contributed by atoms with Gasteiger partial charge in [-0.05, 0) is 42.5 Å². The Kier molecular flexibility index (Phi) is 6.61. The van der Waals surface area contributed by atoms with Crippen LogP contribution in [0.4, 0.5) is 5.69 Å². The Bertz CT molecular complexity index is 985. The van der Waals surface area contributed by atoms with E-state index in [-0.39, 0.29) is 5.78 Å². The topological polar surface area (TPSA) is 79.6 Å². The first-order valence-electron chi connectivity index (χ1n) is 8.98. The van der Waals surface area contributed by atoms with E-state index in [0.717, 1.165) is 10.8 Å². The maximum atomic E-state index is 13.5. The lowest BCUT2D eigenvalue weighted by molar-refractivity contribution is -0.0435. The van der Waals surface area contributed by atoms with Crippen LogP contribution in [0.1, 0.15) is 15.9 Å². The van der Waals surface area contributed by atoms with Gasteiger partial charge in [0, 0.05) is 11.1 Å². The number of hydrogen-bond acceptors (Lipinski definition) is 8. The van der Waals surface area contributed by atoms with Crippen LogP contribution in [0.15, 0.2) is 53.1 Å². The normalized spacial score (nSPS) is 10.6. The number of methoxy groups -OCH3 is 3. The van der Waals surface area contributed by atoms with Crippen molar-refractivity contribution in [1.82, 2.24) is 0 Å². The molecule has 0 spiro atoms. The molecule has 8 heteroatoms. The molecule has 0 bridgehead atoms. The lowest BCUT2D eigenvalue weighted by Crippen LogP contribution is -2.22. The van der Waals surface area contributed by atoms with E-state index < -0.39 is 0 Å². The first kappa shape index (κ1) is 21.2. The van der Waals surface area contributed by atoms with E-state index in [1.807, 2.05) is 12.1 Å². The van der Waals surface area contributed by atoms with Gasteiger partial charge >= 0.3 is 0 Å². The maximum Gasteiger partial charge on any atom is 0.203 e. The summed E-state index contributed by atoms with van der Waals surface area (Å²) in [6.45, 7) is 0. The quantitative estimate of drug-likeness (QED) is 0.383. The highest BCUT2D eigenvalue weighted by Crippen LogP contribution is 2.39. The summed E-state index contributed by atoms with van der Waals surface area (Å²) in [5, 5.41) is 1.15. The summed E-state index contributed by atoms with van der Waals surface area (Å²) in [7, 11) is 7.37. The molecule has 0 fully saturated rings. The van der Waals surface area contributed by atoms with Crippen LogP contribution < -0.4 is 19.4 Å². The minimum absolute atomic E-state index is 0.295. The molecular weight excluding hydrogens is 390 g/mol. The Hall–Kier alpha value is -3.49. The summed E-state index contributed by atoms with van der Waals surface area (Å²) >= 11 is 0. The van der Waals surface area contributed by atoms with Gasteiger partial charge in [-0.2, -0.15) is 0 Å². The molecule has 1 heterocycles. The third-order valence-corrected chi connectivity index (χ3v) is 4.50. The number of ketones is 1. The zero-order valence-electron chi connectivity index (χ0n) is 17.4. The fraction of sp³-hybridized carbons (Fsp3) is 0.227. The SMILES string of the molecule is COc1cc(C(=O)c2cc(-c3ccco3)ccc2N(OC)OC)cc(OC)c1OC. The van der Waals surface area contributed by atoms with Crippen molar-refractivity contribution in [2.75, 3.05) is 40.8 Å². The van der Waals surface area contributed by atoms with Crippen LogP contribution >= 0.6 is 0 Å². The summed E-state index contributed by atoms with van der Waals surface area (Å²) < 4.78 is 21.6. The van der Waals surface area contributed by atoms with Gasteiger partial charge in [0.05, 0.1) is 47.4 Å². The first-order valence-corrected chi connectivity index (χ1v) is 8.98. The largest absolute Gasteiger partial charge is 0.493 e. The molecule has 158 valence electrons. The molecule has 0 amide bonds. The number of rotatable bonds is 9. The average molecular weight is 413 g/mol. The monoisotopic (exact) mass is 413 g/mol. The smallest absolute Gasteiger partial charge is 0.203 e. The van der Waals surface area contributed by atoms with Crippen molar-refractivity contribution < 1.29 is 33.1 Å². The number of hydrogen-bond donors (Lipinski definition) is 0. The van der Waals surface area contributed by atoms with Crippen LogP contribution in [0, 0.1) is 0 Å². The van der Waals surface area contributed by atoms with Gasteiger partial charge in [-0.25, -0.2) is 0 Å². The van der Waals surface area contributed by atoms with Gasteiger partial charge in [0.25, 0.3) is 0 Å². The van der Waals surface area contributed by atoms with Gasteiger partial charge in [-0.1, -0.05) is 0 Å². The molecule has 0 saturated heterocycles. The van der Waals surface area contributed by atoms with Crippen molar-refractivity contribution in [3.05, 3.63) is 59.9 Å². The highest BCUT2D eigenvalue weighted by molar-refractivity contribution is 6.13. The number of ether oxygens (including phenoxy) is 3. The molecular formula is C22H23NO7. The average Bonchev–Trinajstić information content (AvgIpc) is 3.33. The van der Waals surface area contributed by atoms with Crippen LogP contribution in [0.2, 0.25) is 0 Å². The highest BCUT2D eigenvalue weighted by atomic mass is 16.9. The highest BCUT2D eigenvalue weighted by Gasteiger charge is 2.23. The lowest BCUT2D eigenvalue weighted by Gasteiger charge is -2.21. The van der Waals surface area contributed by atoms with Gasteiger partial charge < -0.3 is 18.6 Å². The van der Waals surface area contributed by atoms with Crippen molar-refractivity contribution in [2.45, 2.75) is 0 Å². The molecule has 3 rings (SSSR count). The van der Waals surface area contributed by atoms with E-state index in [9.17, 15) is 4.79 Å². The van der Waals surface area contributed by atoms with Crippen molar-refractivity contribution in [3.63, 3.8) is 0 Å². The molecule has 30 heavy (non-hydrogen) atoms. The van der Waals surface area contributed by atoms with Crippen LogP contribution in [0.3, 0.4) is 0 Å². The summed E-state index contributed by atoms with van der Waals surface area (Å²) in [5.41, 5.74) is 1.83. The minimum atomic E-state index is -0.295. The Morgan fingerprint density at radius 2 is 1.53 bits per heavy atom. The van der Waals surface area contributed by atoms with Crippen molar-refractivity contribution in [1.29, 1.82) is 0 Å². The number of furan rings is 1. The van der Waals surface area contributed by atoms with Gasteiger partial charge in [0.1, 0.15) is 11.4 Å². The Balaban J connectivity index is 2.17. The first-order chi connectivity index (χ1) is 14.6. The Morgan fingerprint density at radius 3 is 2.03 bits per heavy atom. The Labute approximate surface area is 174 Å². The van der Waals surface area contributed by atoms with E-state index >= 15 is 0 Å². The summed E-state index contributed by atoms with van der Waals surface area (Å²) in [4.78, 5) is 24.0. The molecule has 0 unspecified atom stereocenters. The summed E-state index contributed by atoms with van der Waals surface area (Å²) in [6.07, 6.45) is 1.57. The number of anilines is 1. The molecule has 2 aromatic carbocycles. The molecule has 0 saturated carbocycles. The molecule has 3 aromatic rings. The maximum absolute atomic E-state index is 13.5. The lowest BCUT2D eigenvalue weighted by atomic mass is 9.98. The molecule has 0 aliphatic carbocycles. The molecule has 0 atom stereocenters. The van der Waals surface area contributed by atoms with E-state index in [2.05, 4.69) is 0 Å². The van der Waals surface area contributed by atoms with Crippen LogP contribution in [0.5, 0.6) is 17.2 Å². The van der Waals surface area contributed by atoms with Gasteiger partial charge in [-0.15, -0.1) is 5.23 Å². The molecule has 0 aliphatic rings. The van der Waals surface area contributed by atoms with Crippen LogP contribution in [-0.2, 0) is 9.68 Å². The van der Waals surface area contributed by atoms with Crippen molar-refractivity contribution >= 4 is 11.5 Å². The summed E-state index contributed by atoms with van der Waals surface area (Å²) in [5.74, 6) is 1.48. The number of nitrogens with zero attached hydrogens (tertiary/aromatic N) is 1. The third-order valence-electron chi connectivity index (χ3n) is 4.50. The molecule has 0 N–H and O–H groups in total. The second-order valence-corrected chi connectivity index (χ2v) is 6.07. The number of carbonyl (C=O) groups excluding carboxylic acids is 1. The van der Waals surface area contributed by atoms with E-state index in [1.165, 1.54) is 35.5 Å². The zero-order chi connectivity index (χ0) is 21.7. The Morgan fingerprint density at radius 1 is 0.867 bits per heavy atom. The molecule has 1 aromatic heterocycles. The van der Waals surface area contributed by atoms with Gasteiger partial charge in [0.15, 0.2) is 17.3 Å². The standard InChI is InChI=1S/C22H23NO7/c1-25-19-12-15(13-20(26-2)22(19)27-3)21(24)16-11-14(18-7-6-10-30-18)8-9-17(16)23(28-4)29-5/h6-13H,1-5H3. The van der Waals surface area contributed by atoms with Crippen molar-refractivity contribution in [2.24, 2.45) is 0 Å². The second kappa shape index (κ2) is 9.34. The molecule has 0 radical (unpaired) electrons. The minimum Gasteiger partial charge on any atom is -0.493 e. The number of carbonyl (C=O) groups is 1. The van der Waals surface area contributed by atoms with E-state index in [0.29, 0.717) is 39.8 Å².